The first-order chi connectivity index (χ1) is 16.4. The van der Waals surface area contributed by atoms with Gasteiger partial charge in [-0.25, -0.2) is 0 Å². The molecule has 192 valence electrons. The minimum Gasteiger partial charge on any atom is -0.507 e. The van der Waals surface area contributed by atoms with Crippen molar-refractivity contribution in [2.24, 2.45) is 11.8 Å². The summed E-state index contributed by atoms with van der Waals surface area (Å²) in [6, 6.07) is 0. The van der Waals surface area contributed by atoms with E-state index in [-0.39, 0.29) is 74.4 Å². The molecule has 0 saturated heterocycles. The number of hydrogen-bond donors (Lipinski definition) is 4. The molecule has 0 aromatic heterocycles. The SMILES string of the molecule is CCC(C)C(=O)c1c(O)c(Cc2c(O)c(C)c(OC)c(C(=O)C(C)CC)c2O)c(O)c(C)c1OC. The van der Waals surface area contributed by atoms with Crippen LogP contribution >= 0.6 is 0 Å². The monoisotopic (exact) mass is 488 g/mol. The number of benzene rings is 2. The molecule has 0 heterocycles. The highest BCUT2D eigenvalue weighted by Crippen LogP contribution is 2.48. The van der Waals surface area contributed by atoms with Gasteiger partial charge in [-0.2, -0.15) is 0 Å². The van der Waals surface area contributed by atoms with E-state index in [2.05, 4.69) is 0 Å². The molecular weight excluding hydrogens is 452 g/mol. The quantitative estimate of drug-likeness (QED) is 0.336. The van der Waals surface area contributed by atoms with Crippen molar-refractivity contribution in [1.82, 2.24) is 0 Å². The summed E-state index contributed by atoms with van der Waals surface area (Å²) in [6.45, 7) is 10.2. The lowest BCUT2D eigenvalue weighted by Gasteiger charge is -2.22. The van der Waals surface area contributed by atoms with E-state index in [0.717, 1.165) is 0 Å². The molecule has 0 aliphatic carbocycles. The highest BCUT2D eigenvalue weighted by molar-refractivity contribution is 6.05. The third-order valence-electron chi connectivity index (χ3n) is 6.84. The number of ether oxygens (including phenoxy) is 2. The van der Waals surface area contributed by atoms with E-state index in [1.54, 1.807) is 27.7 Å². The Bertz CT molecular complexity index is 1060. The first-order valence-corrected chi connectivity index (χ1v) is 11.7. The molecule has 2 unspecified atom stereocenters. The fraction of sp³-hybridized carbons (Fsp3) is 0.481. The van der Waals surface area contributed by atoms with E-state index in [9.17, 15) is 30.0 Å². The number of ketones is 2. The summed E-state index contributed by atoms with van der Waals surface area (Å²) in [5.41, 5.74) is 0.151. The van der Waals surface area contributed by atoms with Gasteiger partial charge in [0.25, 0.3) is 0 Å². The lowest BCUT2D eigenvalue weighted by atomic mass is 9.87. The van der Waals surface area contributed by atoms with Crippen LogP contribution in [0.4, 0.5) is 0 Å². The van der Waals surface area contributed by atoms with Gasteiger partial charge in [0.05, 0.1) is 14.2 Å². The second-order valence-corrected chi connectivity index (χ2v) is 8.94. The Kier molecular flexibility index (Phi) is 8.65. The predicted octanol–water partition coefficient (Wildman–Crippen LogP) is 5.19. The maximum Gasteiger partial charge on any atom is 0.173 e. The van der Waals surface area contributed by atoms with Crippen LogP contribution in [-0.2, 0) is 6.42 Å². The summed E-state index contributed by atoms with van der Waals surface area (Å²) in [6.07, 6.45) is 0.695. The molecular formula is C27H36O8. The van der Waals surface area contributed by atoms with E-state index in [4.69, 9.17) is 9.47 Å². The number of phenols is 4. The van der Waals surface area contributed by atoms with Crippen LogP contribution in [0.3, 0.4) is 0 Å². The largest absolute Gasteiger partial charge is 0.507 e. The number of carbonyl (C=O) groups is 2. The zero-order valence-electron chi connectivity index (χ0n) is 21.7. The fourth-order valence-corrected chi connectivity index (χ4v) is 4.13. The molecule has 2 aromatic rings. The number of carbonyl (C=O) groups excluding carboxylic acids is 2. The third-order valence-corrected chi connectivity index (χ3v) is 6.84. The molecule has 0 aliphatic rings. The fourth-order valence-electron chi connectivity index (χ4n) is 4.13. The van der Waals surface area contributed by atoms with Crippen LogP contribution in [0, 0.1) is 25.7 Å². The summed E-state index contributed by atoms with van der Waals surface area (Å²) in [5, 5.41) is 44.1. The summed E-state index contributed by atoms with van der Waals surface area (Å²) < 4.78 is 10.7. The van der Waals surface area contributed by atoms with Crippen LogP contribution in [-0.4, -0.2) is 46.2 Å². The van der Waals surface area contributed by atoms with Gasteiger partial charge in [0, 0.05) is 40.5 Å². The Morgan fingerprint density at radius 1 is 0.686 bits per heavy atom. The molecule has 2 aromatic carbocycles. The van der Waals surface area contributed by atoms with Crippen LogP contribution in [0.25, 0.3) is 0 Å². The predicted molar refractivity (Wildman–Crippen MR) is 132 cm³/mol. The first kappa shape index (κ1) is 27.8. The molecule has 0 bridgehead atoms. The molecule has 0 saturated carbocycles. The molecule has 0 aliphatic heterocycles. The summed E-state index contributed by atoms with van der Waals surface area (Å²) in [4.78, 5) is 26.2. The van der Waals surface area contributed by atoms with Crippen molar-refractivity contribution in [2.75, 3.05) is 14.2 Å². The Labute approximate surface area is 206 Å². The van der Waals surface area contributed by atoms with Crippen molar-refractivity contribution < 1.29 is 39.5 Å². The van der Waals surface area contributed by atoms with Crippen LogP contribution in [0.15, 0.2) is 0 Å². The number of Topliss-reactive ketones (excluding diaryl/α,β-unsaturated/α-hetero) is 2. The van der Waals surface area contributed by atoms with E-state index in [1.165, 1.54) is 14.2 Å². The van der Waals surface area contributed by atoms with Gasteiger partial charge in [0.1, 0.15) is 45.6 Å². The van der Waals surface area contributed by atoms with E-state index in [0.29, 0.717) is 12.8 Å². The smallest absolute Gasteiger partial charge is 0.173 e. The lowest BCUT2D eigenvalue weighted by Crippen LogP contribution is -2.15. The topological polar surface area (TPSA) is 134 Å². The normalized spacial score (nSPS) is 12.8. The van der Waals surface area contributed by atoms with Gasteiger partial charge in [-0.15, -0.1) is 0 Å². The summed E-state index contributed by atoms with van der Waals surface area (Å²) in [5.74, 6) is -3.15. The minimum absolute atomic E-state index is 0.0565. The van der Waals surface area contributed by atoms with Crippen molar-refractivity contribution in [2.45, 2.75) is 60.8 Å². The van der Waals surface area contributed by atoms with Crippen molar-refractivity contribution in [1.29, 1.82) is 0 Å². The number of rotatable bonds is 10. The molecule has 2 rings (SSSR count). The van der Waals surface area contributed by atoms with Crippen LogP contribution < -0.4 is 9.47 Å². The molecule has 0 radical (unpaired) electrons. The van der Waals surface area contributed by atoms with E-state index < -0.39 is 23.3 Å². The van der Waals surface area contributed by atoms with Crippen LogP contribution in [0.2, 0.25) is 0 Å². The third kappa shape index (κ3) is 4.74. The molecule has 0 spiro atoms. The van der Waals surface area contributed by atoms with Crippen molar-refractivity contribution in [3.63, 3.8) is 0 Å². The molecule has 8 nitrogen and oxygen atoms in total. The van der Waals surface area contributed by atoms with Gasteiger partial charge in [0.2, 0.25) is 0 Å². The van der Waals surface area contributed by atoms with Gasteiger partial charge < -0.3 is 29.9 Å². The lowest BCUT2D eigenvalue weighted by molar-refractivity contribution is 0.0913. The number of phenolic OH excluding ortho intramolecular Hbond substituents is 4. The maximum absolute atomic E-state index is 13.1. The molecule has 0 fully saturated rings. The van der Waals surface area contributed by atoms with Gasteiger partial charge in [-0.1, -0.05) is 27.7 Å². The van der Waals surface area contributed by atoms with E-state index in [1.807, 2.05) is 13.8 Å². The van der Waals surface area contributed by atoms with Crippen molar-refractivity contribution >= 4 is 11.6 Å². The summed E-state index contributed by atoms with van der Waals surface area (Å²) in [7, 11) is 2.68. The Morgan fingerprint density at radius 2 is 1.00 bits per heavy atom. The average molecular weight is 489 g/mol. The second kappa shape index (κ2) is 10.9. The van der Waals surface area contributed by atoms with E-state index >= 15 is 0 Å². The molecule has 8 heteroatoms. The Morgan fingerprint density at radius 3 is 1.26 bits per heavy atom. The Balaban J connectivity index is 2.87. The zero-order chi connectivity index (χ0) is 26.8. The van der Waals surface area contributed by atoms with Gasteiger partial charge in [0.15, 0.2) is 11.6 Å². The van der Waals surface area contributed by atoms with Crippen LogP contribution in [0.5, 0.6) is 34.5 Å². The Hall–Kier alpha value is -3.42. The highest BCUT2D eigenvalue weighted by atomic mass is 16.5. The van der Waals surface area contributed by atoms with Gasteiger partial charge >= 0.3 is 0 Å². The molecule has 0 amide bonds. The molecule has 2 atom stereocenters. The number of aromatic hydroxyl groups is 4. The number of methoxy groups -OCH3 is 2. The minimum atomic E-state index is -0.502. The highest BCUT2D eigenvalue weighted by Gasteiger charge is 2.33. The number of hydrogen-bond acceptors (Lipinski definition) is 8. The zero-order valence-corrected chi connectivity index (χ0v) is 21.7. The average Bonchev–Trinajstić information content (AvgIpc) is 2.85. The first-order valence-electron chi connectivity index (χ1n) is 11.7. The van der Waals surface area contributed by atoms with Crippen molar-refractivity contribution in [3.8, 4) is 34.5 Å². The van der Waals surface area contributed by atoms with Gasteiger partial charge in [-0.05, 0) is 26.7 Å². The summed E-state index contributed by atoms with van der Waals surface area (Å²) >= 11 is 0. The van der Waals surface area contributed by atoms with Gasteiger partial charge in [-0.3, -0.25) is 9.59 Å². The molecule has 35 heavy (non-hydrogen) atoms. The standard InChI is InChI=1S/C27H36O8/c1-9-12(3)20(28)18-24(32)16(22(30)14(5)26(18)34-7)11-17-23(31)15(6)27(35-8)19(25(17)33)21(29)13(4)10-2/h12-13,30-33H,9-11H2,1-8H3. The maximum atomic E-state index is 13.1. The van der Waals surface area contributed by atoms with Crippen LogP contribution in [0.1, 0.15) is 83.5 Å². The molecule has 4 N–H and O–H groups in total. The second-order valence-electron chi connectivity index (χ2n) is 8.94. The van der Waals surface area contributed by atoms with Crippen molar-refractivity contribution in [3.05, 3.63) is 33.4 Å².